The van der Waals surface area contributed by atoms with Gasteiger partial charge in [-0.15, -0.1) is 5.54 Å². The van der Waals surface area contributed by atoms with Gasteiger partial charge in [0.25, 0.3) is 5.56 Å². The molecule has 0 atom stereocenters. The van der Waals surface area contributed by atoms with Crippen molar-refractivity contribution in [2.75, 3.05) is 12.8 Å². The summed E-state index contributed by atoms with van der Waals surface area (Å²) < 4.78 is 7.27. The second kappa shape index (κ2) is 6.33. The number of methoxy groups -OCH3 is 1. The number of nitrogens with two attached hydrogens (primary N) is 1. The quantitative estimate of drug-likeness (QED) is 0.484. The third kappa shape index (κ3) is 3.55. The molecule has 2 aromatic rings. The van der Waals surface area contributed by atoms with Gasteiger partial charge in [-0.3, -0.25) is 9.48 Å². The van der Waals surface area contributed by atoms with E-state index in [4.69, 9.17) is 10.5 Å². The standard InChI is InChI=1S/C15H19N5O3Si/c1-19-9-10(8-17-19)20-14(21)11(6-7-24(3,4)5)12(16)13(18-20)15(22)23-2/h8-9H,16H2,1-5H3. The molecule has 2 N–H and O–H groups in total. The first-order valence-corrected chi connectivity index (χ1v) is 10.7. The molecule has 8 nitrogen and oxygen atoms in total. The first-order chi connectivity index (χ1) is 11.1. The lowest BCUT2D eigenvalue weighted by Crippen LogP contribution is -2.29. The third-order valence-corrected chi connectivity index (χ3v) is 3.88. The zero-order valence-electron chi connectivity index (χ0n) is 14.2. The molecule has 0 saturated carbocycles. The predicted molar refractivity (Wildman–Crippen MR) is 92.6 cm³/mol. The zero-order valence-corrected chi connectivity index (χ0v) is 15.2. The van der Waals surface area contributed by atoms with Crippen LogP contribution in [0, 0.1) is 11.5 Å². The van der Waals surface area contributed by atoms with Gasteiger partial charge < -0.3 is 10.5 Å². The molecule has 0 amide bonds. The highest BCUT2D eigenvalue weighted by Gasteiger charge is 2.21. The lowest BCUT2D eigenvalue weighted by Gasteiger charge is -2.09. The predicted octanol–water partition coefficient (Wildman–Crippen LogP) is 0.564. The number of rotatable bonds is 2. The summed E-state index contributed by atoms with van der Waals surface area (Å²) in [4.78, 5) is 24.7. The minimum atomic E-state index is -1.75. The number of carbonyl (C=O) groups is 1. The van der Waals surface area contributed by atoms with Crippen molar-refractivity contribution in [2.45, 2.75) is 19.6 Å². The van der Waals surface area contributed by atoms with Gasteiger partial charge in [0.15, 0.2) is 5.69 Å². The molecule has 2 aromatic heterocycles. The van der Waals surface area contributed by atoms with Crippen molar-refractivity contribution in [1.29, 1.82) is 0 Å². The molecule has 0 spiro atoms. The van der Waals surface area contributed by atoms with Gasteiger partial charge in [0.2, 0.25) is 0 Å². The Morgan fingerprint density at radius 1 is 1.38 bits per heavy atom. The Labute approximate surface area is 140 Å². The Bertz CT molecular complexity index is 912. The lowest BCUT2D eigenvalue weighted by atomic mass is 10.2. The minimum Gasteiger partial charge on any atom is -0.464 e. The van der Waals surface area contributed by atoms with Gasteiger partial charge in [0.05, 0.1) is 25.2 Å². The van der Waals surface area contributed by atoms with Crippen LogP contribution in [0.1, 0.15) is 16.1 Å². The van der Waals surface area contributed by atoms with Crippen molar-refractivity contribution in [3.8, 4) is 17.2 Å². The molecular weight excluding hydrogens is 326 g/mol. The van der Waals surface area contributed by atoms with E-state index in [2.05, 4.69) is 21.7 Å². The summed E-state index contributed by atoms with van der Waals surface area (Å²) in [6, 6.07) is 0. The lowest BCUT2D eigenvalue weighted by molar-refractivity contribution is 0.0593. The van der Waals surface area contributed by atoms with E-state index in [0.29, 0.717) is 5.69 Å². The number of ether oxygens (including phenoxy) is 1. The molecular formula is C15H19N5O3Si. The van der Waals surface area contributed by atoms with Crippen molar-refractivity contribution < 1.29 is 9.53 Å². The van der Waals surface area contributed by atoms with E-state index in [-0.39, 0.29) is 16.9 Å². The highest BCUT2D eigenvalue weighted by Crippen LogP contribution is 2.14. The Morgan fingerprint density at radius 2 is 2.04 bits per heavy atom. The Morgan fingerprint density at radius 3 is 2.54 bits per heavy atom. The molecule has 2 heterocycles. The van der Waals surface area contributed by atoms with Gasteiger partial charge in [0.1, 0.15) is 19.3 Å². The van der Waals surface area contributed by atoms with Crippen LogP contribution in [0.15, 0.2) is 17.2 Å². The van der Waals surface area contributed by atoms with E-state index in [1.54, 1.807) is 13.2 Å². The van der Waals surface area contributed by atoms with Crippen molar-refractivity contribution in [2.24, 2.45) is 7.05 Å². The van der Waals surface area contributed by atoms with Gasteiger partial charge in [-0.2, -0.15) is 14.9 Å². The van der Waals surface area contributed by atoms with Crippen LogP contribution in [0.25, 0.3) is 5.69 Å². The van der Waals surface area contributed by atoms with Crippen LogP contribution in [0.5, 0.6) is 0 Å². The molecule has 0 aliphatic carbocycles. The van der Waals surface area contributed by atoms with Gasteiger partial charge in [-0.1, -0.05) is 25.6 Å². The molecule has 0 saturated heterocycles. The number of esters is 1. The van der Waals surface area contributed by atoms with E-state index >= 15 is 0 Å². The fourth-order valence-electron chi connectivity index (χ4n) is 1.85. The monoisotopic (exact) mass is 345 g/mol. The molecule has 0 fully saturated rings. The summed E-state index contributed by atoms with van der Waals surface area (Å²) in [6.07, 6.45) is 3.06. The number of aromatic nitrogens is 4. The average Bonchev–Trinajstić information content (AvgIpc) is 2.91. The summed E-state index contributed by atoms with van der Waals surface area (Å²) >= 11 is 0. The largest absolute Gasteiger partial charge is 0.464 e. The number of nitrogen functional groups attached to an aromatic ring is 1. The number of carbonyl (C=O) groups excluding carboxylic acids is 1. The van der Waals surface area contributed by atoms with E-state index < -0.39 is 19.6 Å². The van der Waals surface area contributed by atoms with Crippen LogP contribution < -0.4 is 11.3 Å². The SMILES string of the molecule is COC(=O)c1nn(-c2cnn(C)c2)c(=O)c(C#C[Si](C)(C)C)c1N. The number of anilines is 1. The Kier molecular flexibility index (Phi) is 4.61. The summed E-state index contributed by atoms with van der Waals surface area (Å²) in [5, 5.41) is 8.03. The normalized spacial score (nSPS) is 10.9. The molecule has 0 aliphatic heterocycles. The smallest absolute Gasteiger partial charge is 0.360 e. The van der Waals surface area contributed by atoms with Crippen LogP contribution in [0.4, 0.5) is 5.69 Å². The van der Waals surface area contributed by atoms with Gasteiger partial charge >= 0.3 is 5.97 Å². The molecule has 0 aliphatic rings. The van der Waals surface area contributed by atoms with Crippen LogP contribution in [0.3, 0.4) is 0 Å². The molecule has 2 rings (SSSR count). The molecule has 126 valence electrons. The molecule has 0 aromatic carbocycles. The topological polar surface area (TPSA) is 105 Å². The second-order valence-corrected chi connectivity index (χ2v) is 11.0. The summed E-state index contributed by atoms with van der Waals surface area (Å²) in [6.45, 7) is 6.12. The van der Waals surface area contributed by atoms with Crippen LogP contribution in [0.2, 0.25) is 19.6 Å². The van der Waals surface area contributed by atoms with Gasteiger partial charge in [0, 0.05) is 7.05 Å². The Balaban J connectivity index is 2.79. The van der Waals surface area contributed by atoms with Crippen molar-refractivity contribution in [3.05, 3.63) is 34.0 Å². The maximum absolute atomic E-state index is 12.7. The first-order valence-electron chi connectivity index (χ1n) is 7.17. The molecule has 24 heavy (non-hydrogen) atoms. The summed E-state index contributed by atoms with van der Waals surface area (Å²) in [7, 11) is 1.18. The van der Waals surface area contributed by atoms with Gasteiger partial charge in [-0.25, -0.2) is 4.79 Å². The van der Waals surface area contributed by atoms with E-state index in [0.717, 1.165) is 4.68 Å². The van der Waals surface area contributed by atoms with Gasteiger partial charge in [-0.05, 0) is 0 Å². The maximum atomic E-state index is 12.7. The molecule has 0 radical (unpaired) electrons. The summed E-state index contributed by atoms with van der Waals surface area (Å²) in [5.74, 6) is 2.10. The third-order valence-electron chi connectivity index (χ3n) is 3.01. The van der Waals surface area contributed by atoms with E-state index in [1.807, 2.05) is 19.6 Å². The molecule has 9 heteroatoms. The van der Waals surface area contributed by atoms with Crippen LogP contribution >= 0.6 is 0 Å². The maximum Gasteiger partial charge on any atom is 0.360 e. The highest BCUT2D eigenvalue weighted by atomic mass is 28.3. The Hall–Kier alpha value is -2.86. The average molecular weight is 345 g/mol. The highest BCUT2D eigenvalue weighted by molar-refractivity contribution is 6.83. The number of nitrogens with zero attached hydrogens (tertiary/aromatic N) is 4. The van der Waals surface area contributed by atoms with E-state index in [9.17, 15) is 9.59 Å². The van der Waals surface area contributed by atoms with E-state index in [1.165, 1.54) is 18.0 Å². The van der Waals surface area contributed by atoms with Crippen molar-refractivity contribution in [3.63, 3.8) is 0 Å². The fraction of sp³-hybridized carbons (Fsp3) is 0.333. The summed E-state index contributed by atoms with van der Waals surface area (Å²) in [5.41, 5.74) is 8.76. The zero-order chi connectivity index (χ0) is 18.1. The van der Waals surface area contributed by atoms with Crippen molar-refractivity contribution in [1.82, 2.24) is 19.6 Å². The minimum absolute atomic E-state index is 0.0386. The first kappa shape index (κ1) is 17.5. The molecule has 0 bridgehead atoms. The number of aryl methyl sites for hydroxylation is 1. The second-order valence-electron chi connectivity index (χ2n) is 6.22. The van der Waals surface area contributed by atoms with Crippen LogP contribution in [-0.4, -0.2) is 40.7 Å². The fourth-order valence-corrected chi connectivity index (χ4v) is 2.35. The molecule has 0 unspecified atom stereocenters. The number of hydrogen-bond donors (Lipinski definition) is 1. The number of hydrogen-bond acceptors (Lipinski definition) is 6. The van der Waals surface area contributed by atoms with Crippen molar-refractivity contribution >= 4 is 19.7 Å². The van der Waals surface area contributed by atoms with Crippen LogP contribution in [-0.2, 0) is 11.8 Å².